The first kappa shape index (κ1) is 15.1. The maximum atomic E-state index is 11.9. The zero-order valence-electron chi connectivity index (χ0n) is 12.9. The number of hydrogen-bond acceptors (Lipinski definition) is 3. The Bertz CT molecular complexity index is 626. The van der Waals surface area contributed by atoms with Gasteiger partial charge in [-0.25, -0.2) is 0 Å². The van der Waals surface area contributed by atoms with E-state index in [9.17, 15) is 4.79 Å². The summed E-state index contributed by atoms with van der Waals surface area (Å²) in [5.74, 6) is 1.04. The molecule has 0 spiro atoms. The van der Waals surface area contributed by atoms with Gasteiger partial charge in [0.15, 0.2) is 12.4 Å². The fraction of sp³-hybridized carbons (Fsp3) is 0.375. The van der Waals surface area contributed by atoms with Crippen LogP contribution in [-0.2, 0) is 17.3 Å². The smallest absolute Gasteiger partial charge is 0.263 e. The molecule has 0 aliphatic heterocycles. The molecule has 1 heterocycles. The molecular formula is C16H21N3O2. The first-order chi connectivity index (χ1) is 9.86. The molecule has 0 unspecified atom stereocenters. The molecule has 0 atom stereocenters. The number of hydrogen-bond donors (Lipinski definition) is 1. The van der Waals surface area contributed by atoms with Crippen molar-refractivity contribution in [2.24, 2.45) is 7.05 Å². The third-order valence-corrected chi connectivity index (χ3v) is 3.03. The molecule has 1 amide bonds. The van der Waals surface area contributed by atoms with Crippen LogP contribution in [0.25, 0.3) is 0 Å². The van der Waals surface area contributed by atoms with Gasteiger partial charge in [0.25, 0.3) is 5.91 Å². The van der Waals surface area contributed by atoms with Crippen LogP contribution in [0.4, 0.5) is 5.82 Å². The van der Waals surface area contributed by atoms with Crippen LogP contribution in [0, 0.1) is 0 Å². The Morgan fingerprint density at radius 1 is 1.29 bits per heavy atom. The predicted molar refractivity (Wildman–Crippen MR) is 82.5 cm³/mol. The Balaban J connectivity index is 1.98. The number of rotatable bonds is 4. The highest BCUT2D eigenvalue weighted by atomic mass is 16.5. The largest absolute Gasteiger partial charge is 0.483 e. The van der Waals surface area contributed by atoms with Gasteiger partial charge in [-0.3, -0.25) is 9.48 Å². The van der Waals surface area contributed by atoms with Gasteiger partial charge in [-0.2, -0.15) is 5.10 Å². The van der Waals surface area contributed by atoms with E-state index < -0.39 is 0 Å². The van der Waals surface area contributed by atoms with E-state index in [-0.39, 0.29) is 17.9 Å². The van der Waals surface area contributed by atoms with Crippen LogP contribution in [0.15, 0.2) is 36.5 Å². The van der Waals surface area contributed by atoms with Gasteiger partial charge in [0, 0.05) is 19.3 Å². The Labute approximate surface area is 124 Å². The second-order valence-corrected chi connectivity index (χ2v) is 5.96. The van der Waals surface area contributed by atoms with Crippen molar-refractivity contribution in [2.75, 3.05) is 11.9 Å². The van der Waals surface area contributed by atoms with E-state index in [2.05, 4.69) is 31.2 Å². The highest BCUT2D eigenvalue weighted by molar-refractivity contribution is 5.90. The molecule has 1 aromatic carbocycles. The summed E-state index contributed by atoms with van der Waals surface area (Å²) in [6, 6.07) is 9.52. The molecule has 112 valence electrons. The van der Waals surface area contributed by atoms with E-state index >= 15 is 0 Å². The van der Waals surface area contributed by atoms with E-state index in [1.54, 1.807) is 24.0 Å². The third kappa shape index (κ3) is 4.08. The topological polar surface area (TPSA) is 56.2 Å². The van der Waals surface area contributed by atoms with Gasteiger partial charge in [-0.15, -0.1) is 0 Å². The van der Waals surface area contributed by atoms with E-state index in [4.69, 9.17) is 4.74 Å². The monoisotopic (exact) mass is 287 g/mol. The molecule has 0 aliphatic rings. The van der Waals surface area contributed by atoms with Crippen LogP contribution in [-0.4, -0.2) is 22.3 Å². The lowest BCUT2D eigenvalue weighted by Crippen LogP contribution is -2.22. The zero-order chi connectivity index (χ0) is 15.5. The lowest BCUT2D eigenvalue weighted by molar-refractivity contribution is -0.118. The summed E-state index contributed by atoms with van der Waals surface area (Å²) in [7, 11) is 1.80. The second kappa shape index (κ2) is 5.99. The molecule has 0 aliphatic carbocycles. The van der Waals surface area contributed by atoms with Gasteiger partial charge in [0.2, 0.25) is 0 Å². The zero-order valence-corrected chi connectivity index (χ0v) is 12.9. The molecule has 1 aromatic heterocycles. The minimum Gasteiger partial charge on any atom is -0.483 e. The number of benzene rings is 1. The summed E-state index contributed by atoms with van der Waals surface area (Å²) in [4.78, 5) is 11.9. The first-order valence-electron chi connectivity index (χ1n) is 6.88. The molecule has 2 rings (SSSR count). The fourth-order valence-corrected chi connectivity index (χ4v) is 2.02. The van der Waals surface area contributed by atoms with Gasteiger partial charge in [0.05, 0.1) is 0 Å². The number of ether oxygens (including phenoxy) is 1. The fourth-order valence-electron chi connectivity index (χ4n) is 2.02. The minimum absolute atomic E-state index is 0.0337. The number of nitrogens with one attached hydrogen (secondary N) is 1. The summed E-state index contributed by atoms with van der Waals surface area (Å²) in [5.41, 5.74) is 1.05. The molecule has 5 nitrogen and oxygen atoms in total. The summed E-state index contributed by atoms with van der Waals surface area (Å²) < 4.78 is 7.29. The molecule has 0 fully saturated rings. The first-order valence-corrected chi connectivity index (χ1v) is 6.88. The maximum absolute atomic E-state index is 11.9. The van der Waals surface area contributed by atoms with Gasteiger partial charge in [-0.1, -0.05) is 39.0 Å². The standard InChI is InChI=1S/C16H21N3O2/c1-16(2,3)12-7-5-6-8-13(12)21-11-15(20)17-14-9-10-19(4)18-14/h5-10H,11H2,1-4H3,(H,17,18,20). The molecule has 0 bridgehead atoms. The molecule has 0 saturated carbocycles. The summed E-state index contributed by atoms with van der Waals surface area (Å²) >= 11 is 0. The van der Waals surface area contributed by atoms with E-state index in [1.807, 2.05) is 24.3 Å². The van der Waals surface area contributed by atoms with Crippen LogP contribution in [0.1, 0.15) is 26.3 Å². The van der Waals surface area contributed by atoms with Gasteiger partial charge in [0.1, 0.15) is 5.75 Å². The van der Waals surface area contributed by atoms with Crippen molar-refractivity contribution >= 4 is 11.7 Å². The van der Waals surface area contributed by atoms with Gasteiger partial charge in [-0.05, 0) is 17.0 Å². The SMILES string of the molecule is Cn1ccc(NC(=O)COc2ccccc2C(C)(C)C)n1. The molecule has 0 radical (unpaired) electrons. The Hall–Kier alpha value is -2.30. The van der Waals surface area contributed by atoms with Crippen molar-refractivity contribution in [3.8, 4) is 5.75 Å². The van der Waals surface area contributed by atoms with E-state index in [1.165, 1.54) is 0 Å². The van der Waals surface area contributed by atoms with Crippen LogP contribution in [0.5, 0.6) is 5.75 Å². The third-order valence-electron chi connectivity index (χ3n) is 3.03. The number of aromatic nitrogens is 2. The predicted octanol–water partition coefficient (Wildman–Crippen LogP) is 2.74. The van der Waals surface area contributed by atoms with Gasteiger partial charge < -0.3 is 10.1 Å². The van der Waals surface area contributed by atoms with Gasteiger partial charge >= 0.3 is 0 Å². The van der Waals surface area contributed by atoms with Crippen LogP contribution < -0.4 is 10.1 Å². The number of aryl methyl sites for hydroxylation is 1. The van der Waals surface area contributed by atoms with Crippen molar-refractivity contribution in [3.05, 3.63) is 42.1 Å². The molecular weight excluding hydrogens is 266 g/mol. The summed E-state index contributed by atoms with van der Waals surface area (Å²) in [6.07, 6.45) is 1.77. The minimum atomic E-state index is -0.225. The second-order valence-electron chi connectivity index (χ2n) is 5.96. The number of para-hydroxylation sites is 1. The van der Waals surface area contributed by atoms with Crippen molar-refractivity contribution < 1.29 is 9.53 Å². The quantitative estimate of drug-likeness (QED) is 0.940. The number of carbonyl (C=O) groups excluding carboxylic acids is 1. The average molecular weight is 287 g/mol. The number of anilines is 1. The average Bonchev–Trinajstić information content (AvgIpc) is 2.81. The number of amides is 1. The molecule has 21 heavy (non-hydrogen) atoms. The molecule has 1 N–H and O–H groups in total. The maximum Gasteiger partial charge on any atom is 0.263 e. The van der Waals surface area contributed by atoms with Crippen LogP contribution in [0.3, 0.4) is 0 Å². The lowest BCUT2D eigenvalue weighted by Gasteiger charge is -2.22. The highest BCUT2D eigenvalue weighted by Crippen LogP contribution is 2.30. The molecule has 5 heteroatoms. The molecule has 0 saturated heterocycles. The lowest BCUT2D eigenvalue weighted by atomic mass is 9.86. The summed E-state index contributed by atoms with van der Waals surface area (Å²) in [5, 5.41) is 6.79. The van der Waals surface area contributed by atoms with Crippen molar-refractivity contribution in [3.63, 3.8) is 0 Å². The van der Waals surface area contributed by atoms with Crippen LogP contribution >= 0.6 is 0 Å². The van der Waals surface area contributed by atoms with Crippen molar-refractivity contribution in [1.82, 2.24) is 9.78 Å². The summed E-state index contributed by atoms with van der Waals surface area (Å²) in [6.45, 7) is 6.30. The Morgan fingerprint density at radius 3 is 2.62 bits per heavy atom. The normalized spacial score (nSPS) is 11.2. The molecule has 2 aromatic rings. The van der Waals surface area contributed by atoms with Crippen LogP contribution in [0.2, 0.25) is 0 Å². The highest BCUT2D eigenvalue weighted by Gasteiger charge is 2.18. The van der Waals surface area contributed by atoms with Crippen molar-refractivity contribution in [2.45, 2.75) is 26.2 Å². The Kier molecular flexibility index (Phi) is 4.31. The van der Waals surface area contributed by atoms with E-state index in [0.717, 1.165) is 11.3 Å². The number of carbonyl (C=O) groups is 1. The van der Waals surface area contributed by atoms with E-state index in [0.29, 0.717) is 5.82 Å². The number of nitrogens with zero attached hydrogens (tertiary/aromatic N) is 2. The Morgan fingerprint density at radius 2 is 2.00 bits per heavy atom. The van der Waals surface area contributed by atoms with Crippen molar-refractivity contribution in [1.29, 1.82) is 0 Å².